The van der Waals surface area contributed by atoms with Crippen LogP contribution in [0.1, 0.15) is 5.56 Å². The number of sulfonamides is 1. The highest BCUT2D eigenvalue weighted by molar-refractivity contribution is 7.93. The average molecular weight is 489 g/mol. The molecule has 2 amide bonds. The number of aromatic nitrogens is 1. The maximum atomic E-state index is 12.7. The molecule has 11 heteroatoms. The maximum absolute atomic E-state index is 12.7. The van der Waals surface area contributed by atoms with E-state index in [0.29, 0.717) is 12.1 Å². The molecule has 0 fully saturated rings. The van der Waals surface area contributed by atoms with E-state index < -0.39 is 21.8 Å². The van der Waals surface area contributed by atoms with Crippen LogP contribution in [0.3, 0.4) is 0 Å². The van der Waals surface area contributed by atoms with Crippen LogP contribution in [-0.2, 0) is 26.0 Å². The van der Waals surface area contributed by atoms with Crippen molar-refractivity contribution in [2.24, 2.45) is 0 Å². The van der Waals surface area contributed by atoms with E-state index in [2.05, 4.69) is 15.0 Å². The Labute approximate surface area is 193 Å². The lowest BCUT2D eigenvalue weighted by molar-refractivity contribution is -0.137. The van der Waals surface area contributed by atoms with E-state index in [4.69, 9.17) is 11.6 Å². The van der Waals surface area contributed by atoms with Crippen molar-refractivity contribution in [2.45, 2.75) is 11.3 Å². The van der Waals surface area contributed by atoms with Gasteiger partial charge in [0.15, 0.2) is 5.13 Å². The van der Waals surface area contributed by atoms with Gasteiger partial charge in [-0.25, -0.2) is 13.4 Å². The summed E-state index contributed by atoms with van der Waals surface area (Å²) in [5.74, 6) is -1.10. The van der Waals surface area contributed by atoms with Crippen LogP contribution >= 0.6 is 22.9 Å². The molecule has 2 N–H and O–H groups in total. The van der Waals surface area contributed by atoms with E-state index in [1.165, 1.54) is 30.5 Å². The molecule has 0 bridgehead atoms. The highest BCUT2D eigenvalue weighted by Crippen LogP contribution is 2.27. The molecule has 2 aromatic carbocycles. The highest BCUT2D eigenvalue weighted by atomic mass is 35.5. The molecule has 1 aliphatic heterocycles. The number of benzene rings is 2. The molecule has 0 radical (unpaired) electrons. The van der Waals surface area contributed by atoms with Crippen LogP contribution in [0.5, 0.6) is 0 Å². The minimum absolute atomic E-state index is 0.0247. The molecule has 1 aromatic heterocycles. The normalized spacial score (nSPS) is 14.2. The van der Waals surface area contributed by atoms with Crippen molar-refractivity contribution in [3.63, 3.8) is 0 Å². The molecule has 4 rings (SSSR count). The summed E-state index contributed by atoms with van der Waals surface area (Å²) >= 11 is 7.29. The minimum Gasteiger partial charge on any atom is -0.350 e. The van der Waals surface area contributed by atoms with Gasteiger partial charge < -0.3 is 5.32 Å². The van der Waals surface area contributed by atoms with Gasteiger partial charge in [-0.1, -0.05) is 41.9 Å². The second kappa shape index (κ2) is 9.11. The van der Waals surface area contributed by atoms with E-state index >= 15 is 0 Å². The summed E-state index contributed by atoms with van der Waals surface area (Å²) < 4.78 is 27.3. The lowest BCUT2D eigenvalue weighted by Crippen LogP contribution is -2.34. The molecule has 0 spiro atoms. The zero-order valence-corrected chi connectivity index (χ0v) is 18.9. The van der Waals surface area contributed by atoms with Gasteiger partial charge in [0.1, 0.15) is 10.7 Å². The van der Waals surface area contributed by atoms with Crippen molar-refractivity contribution in [2.75, 3.05) is 16.6 Å². The van der Waals surface area contributed by atoms with E-state index in [1.54, 1.807) is 5.38 Å². The van der Waals surface area contributed by atoms with Crippen LogP contribution in [0.2, 0.25) is 0 Å². The molecule has 0 saturated heterocycles. The number of hydrogen-bond acceptors (Lipinski definition) is 7. The number of anilines is 2. The number of hydrogen-bond donors (Lipinski definition) is 2. The van der Waals surface area contributed by atoms with Gasteiger partial charge in [-0.05, 0) is 36.2 Å². The van der Waals surface area contributed by atoms with Crippen molar-refractivity contribution in [3.8, 4) is 0 Å². The fourth-order valence-corrected chi connectivity index (χ4v) is 5.07. The fourth-order valence-electron chi connectivity index (χ4n) is 3.05. The van der Waals surface area contributed by atoms with Crippen LogP contribution < -0.4 is 10.0 Å². The summed E-state index contributed by atoms with van der Waals surface area (Å²) in [7, 11) is -3.80. The van der Waals surface area contributed by atoms with Crippen molar-refractivity contribution < 1.29 is 18.0 Å². The molecule has 1 aliphatic rings. The van der Waals surface area contributed by atoms with Gasteiger partial charge in [0.05, 0.1) is 4.90 Å². The third kappa shape index (κ3) is 4.67. The molecule has 0 atom stereocenters. The number of nitrogens with zero attached hydrogens (tertiary/aromatic N) is 2. The Balaban J connectivity index is 1.44. The predicted octanol–water partition coefficient (Wildman–Crippen LogP) is 3.42. The molecule has 32 heavy (non-hydrogen) atoms. The summed E-state index contributed by atoms with van der Waals surface area (Å²) in [6.45, 7) is 0.197. The Morgan fingerprint density at radius 1 is 1.00 bits per heavy atom. The average Bonchev–Trinajstić information content (AvgIpc) is 3.36. The number of halogens is 1. The standard InChI is InChI=1S/C21H17ClN4O4S2/c22-17-18(20(28)26(19(17)27)12-10-14-4-2-1-3-5-14)24-15-6-8-16(9-7-15)32(29,30)25-21-23-11-13-31-21/h1-9,11,13,24H,10,12H2,(H,23,25). The van der Waals surface area contributed by atoms with Gasteiger partial charge >= 0.3 is 0 Å². The maximum Gasteiger partial charge on any atom is 0.278 e. The van der Waals surface area contributed by atoms with Gasteiger partial charge in [-0.3, -0.25) is 19.2 Å². The van der Waals surface area contributed by atoms with Crippen LogP contribution in [0.4, 0.5) is 10.8 Å². The molecule has 0 aliphatic carbocycles. The topological polar surface area (TPSA) is 108 Å². The first-order chi connectivity index (χ1) is 15.3. The van der Waals surface area contributed by atoms with Gasteiger partial charge in [0, 0.05) is 23.8 Å². The zero-order chi connectivity index (χ0) is 22.7. The Hall–Kier alpha value is -3.21. The second-order valence-corrected chi connectivity index (χ2v) is 9.73. The first-order valence-corrected chi connectivity index (χ1v) is 12.2. The summed E-state index contributed by atoms with van der Waals surface area (Å²) in [6.07, 6.45) is 2.00. The molecular formula is C21H17ClN4O4S2. The molecule has 164 valence electrons. The van der Waals surface area contributed by atoms with E-state index in [0.717, 1.165) is 21.8 Å². The van der Waals surface area contributed by atoms with Crippen molar-refractivity contribution >= 4 is 55.6 Å². The smallest absolute Gasteiger partial charge is 0.278 e. The van der Waals surface area contributed by atoms with Crippen LogP contribution in [-0.4, -0.2) is 36.7 Å². The lowest BCUT2D eigenvalue weighted by Gasteiger charge is -2.15. The van der Waals surface area contributed by atoms with Crippen molar-refractivity contribution in [1.82, 2.24) is 9.88 Å². The largest absolute Gasteiger partial charge is 0.350 e. The summed E-state index contributed by atoms with van der Waals surface area (Å²) in [4.78, 5) is 30.2. The fraction of sp³-hybridized carbons (Fsp3) is 0.0952. The number of nitrogens with one attached hydrogen (secondary N) is 2. The van der Waals surface area contributed by atoms with E-state index in [9.17, 15) is 18.0 Å². The number of thiazole rings is 1. The quantitative estimate of drug-likeness (QED) is 0.470. The third-order valence-corrected chi connectivity index (χ3v) is 7.19. The highest BCUT2D eigenvalue weighted by Gasteiger charge is 2.37. The second-order valence-electron chi connectivity index (χ2n) is 6.78. The van der Waals surface area contributed by atoms with Crippen LogP contribution in [0.15, 0.2) is 81.8 Å². The molecule has 2 heterocycles. The van der Waals surface area contributed by atoms with Crippen LogP contribution in [0.25, 0.3) is 0 Å². The summed E-state index contributed by atoms with van der Waals surface area (Å²) in [5, 5.41) is 4.55. The number of amides is 2. The number of imide groups is 1. The molecule has 0 unspecified atom stereocenters. The lowest BCUT2D eigenvalue weighted by atomic mass is 10.1. The monoisotopic (exact) mass is 488 g/mol. The van der Waals surface area contributed by atoms with Crippen molar-refractivity contribution in [1.29, 1.82) is 0 Å². The molecule has 0 saturated carbocycles. The zero-order valence-electron chi connectivity index (χ0n) is 16.5. The Morgan fingerprint density at radius 2 is 1.72 bits per heavy atom. The molecule has 3 aromatic rings. The SMILES string of the molecule is O=C1C(Cl)=C(Nc2ccc(S(=O)(=O)Nc3nccs3)cc2)C(=O)N1CCc1ccccc1. The van der Waals surface area contributed by atoms with Gasteiger partial charge in [0.25, 0.3) is 21.8 Å². The first kappa shape index (κ1) is 22.0. The van der Waals surface area contributed by atoms with Crippen molar-refractivity contribution in [3.05, 3.63) is 82.5 Å². The Kier molecular flexibility index (Phi) is 6.26. The Bertz CT molecular complexity index is 1280. The van der Waals surface area contributed by atoms with Gasteiger partial charge in [-0.15, -0.1) is 11.3 Å². The number of carbonyl (C=O) groups excluding carboxylic acids is 2. The van der Waals surface area contributed by atoms with E-state index in [1.807, 2.05) is 30.3 Å². The third-order valence-electron chi connectivity index (χ3n) is 4.67. The molecule has 8 nitrogen and oxygen atoms in total. The van der Waals surface area contributed by atoms with Crippen LogP contribution in [0, 0.1) is 0 Å². The van der Waals surface area contributed by atoms with Gasteiger partial charge in [-0.2, -0.15) is 0 Å². The Morgan fingerprint density at radius 3 is 2.38 bits per heavy atom. The first-order valence-electron chi connectivity index (χ1n) is 9.44. The summed E-state index contributed by atoms with van der Waals surface area (Å²) in [6, 6.07) is 15.2. The summed E-state index contributed by atoms with van der Waals surface area (Å²) in [5.41, 5.74) is 1.37. The van der Waals surface area contributed by atoms with Gasteiger partial charge in [0.2, 0.25) is 0 Å². The van der Waals surface area contributed by atoms with E-state index in [-0.39, 0.29) is 27.3 Å². The number of rotatable bonds is 8. The number of carbonyl (C=O) groups is 2. The molecular weight excluding hydrogens is 472 g/mol. The minimum atomic E-state index is -3.80. The predicted molar refractivity (Wildman–Crippen MR) is 123 cm³/mol.